The van der Waals surface area contributed by atoms with E-state index in [2.05, 4.69) is 40.4 Å². The van der Waals surface area contributed by atoms with Gasteiger partial charge >= 0.3 is 6.09 Å². The molecule has 3 amide bonds. The van der Waals surface area contributed by atoms with Crippen LogP contribution >= 0.6 is 0 Å². The number of fused-ring (bicyclic) bond motifs is 1. The Kier molecular flexibility index (Phi) is 7.91. The minimum atomic E-state index is -1.25. The second kappa shape index (κ2) is 10.1. The van der Waals surface area contributed by atoms with Gasteiger partial charge in [0.25, 0.3) is 11.8 Å². The van der Waals surface area contributed by atoms with E-state index in [1.165, 1.54) is 4.90 Å². The lowest BCUT2D eigenvalue weighted by atomic mass is 9.77. The van der Waals surface area contributed by atoms with Crippen LogP contribution in [0.25, 0.3) is 0 Å². The highest BCUT2D eigenvalue weighted by atomic mass is 28.3. The Hall–Kier alpha value is -2.45. The van der Waals surface area contributed by atoms with E-state index in [0.29, 0.717) is 30.5 Å². The van der Waals surface area contributed by atoms with Crippen molar-refractivity contribution in [1.82, 2.24) is 9.80 Å². The molecule has 0 bridgehead atoms. The normalized spacial score (nSPS) is 23.3. The summed E-state index contributed by atoms with van der Waals surface area (Å²) in [6, 6.07) is 6.89. The van der Waals surface area contributed by atoms with Gasteiger partial charge in [-0.3, -0.25) is 19.4 Å². The zero-order valence-electron chi connectivity index (χ0n) is 23.0. The van der Waals surface area contributed by atoms with Crippen molar-refractivity contribution >= 4 is 26.9 Å². The molecule has 2 aliphatic heterocycles. The lowest BCUT2D eigenvalue weighted by Crippen LogP contribution is -2.57. The average Bonchev–Trinajstić information content (AvgIpc) is 3.25. The number of nitrogens with zero attached hydrogens (tertiary/aromatic N) is 2. The first-order valence-corrected chi connectivity index (χ1v) is 15.1. The Morgan fingerprint density at radius 3 is 2.14 bits per heavy atom. The summed E-state index contributed by atoms with van der Waals surface area (Å²) >= 11 is 0. The van der Waals surface area contributed by atoms with Gasteiger partial charge in [-0.15, -0.1) is 6.58 Å². The van der Waals surface area contributed by atoms with E-state index >= 15 is 0 Å². The monoisotopic (exact) mass is 513 g/mol. The van der Waals surface area contributed by atoms with Crippen LogP contribution in [0.2, 0.25) is 13.1 Å². The maximum absolute atomic E-state index is 13.5. The van der Waals surface area contributed by atoms with E-state index < -0.39 is 26.5 Å². The fraction of sp³-hybridized carbons (Fsp3) is 0.607. The molecule has 0 aromatic heterocycles. The van der Waals surface area contributed by atoms with Crippen LogP contribution in [0.4, 0.5) is 4.79 Å². The second-order valence-corrected chi connectivity index (χ2v) is 14.2. The van der Waals surface area contributed by atoms with E-state index in [-0.39, 0.29) is 35.6 Å². The maximum Gasteiger partial charge on any atom is 0.412 e. The Morgan fingerprint density at radius 2 is 1.69 bits per heavy atom. The summed E-state index contributed by atoms with van der Waals surface area (Å²) in [5.74, 6) is -0.700. The standard InChI is InChI=1S/C28H41N2O5Si/c1-10-19(15-16-29-23(31)21-13-11-12-14-22(21)24(29)32)28(35-36(8)9)17-20(26(2,3)4)18-30(28)25(33)34-27(5,6)7/h10-14,19-20H,1,15-18H2,2-9H3/t19?,20-,28-/m0/s1. The molecule has 1 unspecified atom stereocenters. The van der Waals surface area contributed by atoms with E-state index in [9.17, 15) is 14.4 Å². The first kappa shape index (κ1) is 28.1. The molecule has 3 atom stereocenters. The molecule has 2 aliphatic rings. The average molecular weight is 514 g/mol. The van der Waals surface area contributed by atoms with Gasteiger partial charge in [-0.1, -0.05) is 39.0 Å². The Labute approximate surface area is 217 Å². The van der Waals surface area contributed by atoms with E-state index in [1.807, 2.05) is 26.8 Å². The van der Waals surface area contributed by atoms with Crippen LogP contribution in [0.1, 0.15) is 75.1 Å². The number of imide groups is 1. The minimum absolute atomic E-state index is 0.0615. The Balaban J connectivity index is 1.95. The fourth-order valence-electron chi connectivity index (χ4n) is 5.14. The summed E-state index contributed by atoms with van der Waals surface area (Å²) in [5.41, 5.74) is -0.814. The van der Waals surface area contributed by atoms with Gasteiger partial charge < -0.3 is 9.16 Å². The number of benzene rings is 1. The van der Waals surface area contributed by atoms with Crippen LogP contribution in [-0.4, -0.2) is 61.2 Å². The SMILES string of the molecule is C=CC(CCN1C(=O)c2ccccc2C1=O)[C@@]1(O[Si](C)C)C[C@H](C(C)(C)C)CN1C(=O)OC(C)(C)C. The van der Waals surface area contributed by atoms with Gasteiger partial charge in [0.1, 0.15) is 11.3 Å². The Bertz CT molecular complexity index is 991. The summed E-state index contributed by atoms with van der Waals surface area (Å²) < 4.78 is 12.6. The van der Waals surface area contributed by atoms with Crippen LogP contribution in [0.15, 0.2) is 36.9 Å². The summed E-state index contributed by atoms with van der Waals surface area (Å²) in [6.07, 6.45) is 2.46. The molecule has 7 nitrogen and oxygen atoms in total. The first-order chi connectivity index (χ1) is 16.6. The zero-order valence-corrected chi connectivity index (χ0v) is 24.0. The molecule has 1 aromatic rings. The summed E-state index contributed by atoms with van der Waals surface area (Å²) in [4.78, 5) is 42.5. The number of amides is 3. The zero-order chi connectivity index (χ0) is 27.1. The van der Waals surface area contributed by atoms with Gasteiger partial charge in [-0.2, -0.15) is 0 Å². The van der Waals surface area contributed by atoms with Crippen molar-refractivity contribution in [2.24, 2.45) is 17.3 Å². The minimum Gasteiger partial charge on any atom is -0.444 e. The van der Waals surface area contributed by atoms with Crippen LogP contribution in [0.3, 0.4) is 0 Å². The van der Waals surface area contributed by atoms with Gasteiger partial charge in [0.2, 0.25) is 9.04 Å². The van der Waals surface area contributed by atoms with Gasteiger partial charge in [-0.05, 0) is 63.8 Å². The number of hydrogen-bond donors (Lipinski definition) is 0. The van der Waals surface area contributed by atoms with Gasteiger partial charge in [0.15, 0.2) is 0 Å². The van der Waals surface area contributed by atoms with Gasteiger partial charge in [0.05, 0.1) is 11.1 Å². The molecule has 197 valence electrons. The predicted molar refractivity (Wildman–Crippen MR) is 142 cm³/mol. The molecule has 1 saturated heterocycles. The molecule has 0 saturated carbocycles. The quantitative estimate of drug-likeness (QED) is 0.264. The predicted octanol–water partition coefficient (Wildman–Crippen LogP) is 5.74. The molecular weight excluding hydrogens is 472 g/mol. The molecule has 8 heteroatoms. The topological polar surface area (TPSA) is 76.2 Å². The molecule has 2 heterocycles. The number of rotatable bonds is 7. The third kappa shape index (κ3) is 5.59. The van der Waals surface area contributed by atoms with Gasteiger partial charge in [-0.25, -0.2) is 4.79 Å². The molecule has 0 aliphatic carbocycles. The molecule has 0 N–H and O–H groups in total. The smallest absolute Gasteiger partial charge is 0.412 e. The van der Waals surface area contributed by atoms with Crippen molar-refractivity contribution in [1.29, 1.82) is 0 Å². The fourth-order valence-corrected chi connectivity index (χ4v) is 6.20. The van der Waals surface area contributed by atoms with Crippen molar-refractivity contribution in [2.75, 3.05) is 13.1 Å². The van der Waals surface area contributed by atoms with Crippen molar-refractivity contribution in [3.05, 3.63) is 48.0 Å². The van der Waals surface area contributed by atoms with Crippen molar-refractivity contribution < 1.29 is 23.5 Å². The van der Waals surface area contributed by atoms with Crippen LogP contribution in [-0.2, 0) is 9.16 Å². The van der Waals surface area contributed by atoms with Crippen LogP contribution in [0.5, 0.6) is 0 Å². The second-order valence-electron chi connectivity index (χ2n) is 12.2. The molecule has 1 radical (unpaired) electrons. The third-order valence-electron chi connectivity index (χ3n) is 7.02. The van der Waals surface area contributed by atoms with E-state index in [1.54, 1.807) is 29.2 Å². The third-order valence-corrected chi connectivity index (χ3v) is 7.79. The van der Waals surface area contributed by atoms with Crippen LogP contribution in [0, 0.1) is 17.3 Å². The Morgan fingerprint density at radius 1 is 1.14 bits per heavy atom. The summed E-state index contributed by atoms with van der Waals surface area (Å²) in [7, 11) is -1.25. The van der Waals surface area contributed by atoms with Crippen molar-refractivity contribution in [3.63, 3.8) is 0 Å². The van der Waals surface area contributed by atoms with Crippen molar-refractivity contribution in [2.45, 2.75) is 78.8 Å². The number of likely N-dealkylation sites (tertiary alicyclic amines) is 1. The highest BCUT2D eigenvalue weighted by Crippen LogP contribution is 2.48. The molecular formula is C28H41N2O5Si. The number of carbonyl (C=O) groups excluding carboxylic acids is 3. The summed E-state index contributed by atoms with van der Waals surface area (Å²) in [6.45, 7) is 21.0. The number of ether oxygens (including phenoxy) is 1. The highest BCUT2D eigenvalue weighted by molar-refractivity contribution is 6.48. The first-order valence-electron chi connectivity index (χ1n) is 12.7. The number of carbonyl (C=O) groups is 3. The lowest BCUT2D eigenvalue weighted by molar-refractivity contribution is -0.0956. The maximum atomic E-state index is 13.5. The van der Waals surface area contributed by atoms with Gasteiger partial charge in [0, 0.05) is 25.4 Å². The molecule has 36 heavy (non-hydrogen) atoms. The van der Waals surface area contributed by atoms with Crippen molar-refractivity contribution in [3.8, 4) is 0 Å². The summed E-state index contributed by atoms with van der Waals surface area (Å²) in [5, 5.41) is 0. The van der Waals surface area contributed by atoms with E-state index in [0.717, 1.165) is 0 Å². The molecule has 1 aromatic carbocycles. The highest BCUT2D eigenvalue weighted by Gasteiger charge is 2.56. The largest absolute Gasteiger partial charge is 0.444 e. The lowest BCUT2D eigenvalue weighted by Gasteiger charge is -2.45. The number of hydrogen-bond acceptors (Lipinski definition) is 5. The van der Waals surface area contributed by atoms with Crippen LogP contribution < -0.4 is 0 Å². The molecule has 0 spiro atoms. The molecule has 3 rings (SSSR count). The molecule has 1 fully saturated rings. The van der Waals surface area contributed by atoms with E-state index in [4.69, 9.17) is 9.16 Å².